The molecule has 2 fully saturated rings. The molecule has 1 aromatic rings. The van der Waals surface area contributed by atoms with Crippen LogP contribution in [-0.4, -0.2) is 6.61 Å². The van der Waals surface area contributed by atoms with Crippen LogP contribution in [0.5, 0.6) is 0 Å². The quantitative estimate of drug-likeness (QED) is 0.826. The first-order chi connectivity index (χ1) is 7.62. The van der Waals surface area contributed by atoms with Gasteiger partial charge >= 0.3 is 0 Å². The maximum absolute atomic E-state index is 6.24. The number of nitrogens with two attached hydrogens (primary N) is 1. The highest BCUT2D eigenvalue weighted by molar-refractivity contribution is 5.35. The van der Waals surface area contributed by atoms with Gasteiger partial charge in [-0.25, -0.2) is 0 Å². The molecule has 0 unspecified atom stereocenters. The van der Waals surface area contributed by atoms with Gasteiger partial charge in [0.05, 0.1) is 5.60 Å². The molecule has 2 N–H and O–H groups in total. The van der Waals surface area contributed by atoms with Crippen LogP contribution in [0.4, 0.5) is 0 Å². The Hall–Kier alpha value is -0.860. The molecule has 1 atom stereocenters. The number of ether oxygens (including phenoxy) is 1. The van der Waals surface area contributed by atoms with Gasteiger partial charge in [0.1, 0.15) is 0 Å². The Morgan fingerprint density at radius 1 is 1.19 bits per heavy atom. The van der Waals surface area contributed by atoms with Gasteiger partial charge in [0.15, 0.2) is 0 Å². The summed E-state index contributed by atoms with van der Waals surface area (Å²) in [5.41, 5.74) is 8.69. The highest BCUT2D eigenvalue weighted by Crippen LogP contribution is 2.44. The van der Waals surface area contributed by atoms with Crippen molar-refractivity contribution in [2.75, 3.05) is 6.61 Å². The van der Waals surface area contributed by atoms with Crippen molar-refractivity contribution in [2.45, 2.75) is 43.7 Å². The normalized spacial score (nSPS) is 31.6. The van der Waals surface area contributed by atoms with Crippen LogP contribution in [0.2, 0.25) is 0 Å². The van der Waals surface area contributed by atoms with E-state index in [1.165, 1.54) is 11.1 Å². The molecule has 1 heterocycles. The van der Waals surface area contributed by atoms with Crippen LogP contribution in [0.25, 0.3) is 0 Å². The van der Waals surface area contributed by atoms with Crippen molar-refractivity contribution in [1.29, 1.82) is 0 Å². The maximum Gasteiger partial charge on any atom is 0.0904 e. The second-order valence-corrected chi connectivity index (χ2v) is 5.42. The van der Waals surface area contributed by atoms with Gasteiger partial charge in [0, 0.05) is 12.1 Å². The van der Waals surface area contributed by atoms with Crippen molar-refractivity contribution in [3.63, 3.8) is 0 Å². The first-order valence-corrected chi connectivity index (χ1v) is 6.16. The van der Waals surface area contributed by atoms with Crippen LogP contribution in [0, 0.1) is 0 Å². The van der Waals surface area contributed by atoms with Crippen LogP contribution in [0.1, 0.15) is 43.7 Å². The Morgan fingerprint density at radius 3 is 2.56 bits per heavy atom. The summed E-state index contributed by atoms with van der Waals surface area (Å²) in [6.45, 7) is 3.07. The maximum atomic E-state index is 6.24. The van der Waals surface area contributed by atoms with E-state index in [1.807, 2.05) is 0 Å². The molecular formula is C14H19NO. The molecule has 1 aliphatic heterocycles. The molecule has 0 bridgehead atoms. The number of hydrogen-bond acceptors (Lipinski definition) is 2. The van der Waals surface area contributed by atoms with Crippen LogP contribution >= 0.6 is 0 Å². The van der Waals surface area contributed by atoms with Gasteiger partial charge in [-0.3, -0.25) is 0 Å². The molecule has 0 spiro atoms. The van der Waals surface area contributed by atoms with Crippen LogP contribution in [0.3, 0.4) is 0 Å². The van der Waals surface area contributed by atoms with E-state index in [0.29, 0.717) is 0 Å². The lowest BCUT2D eigenvalue weighted by Crippen LogP contribution is -2.23. The fourth-order valence-corrected chi connectivity index (χ4v) is 2.59. The summed E-state index contributed by atoms with van der Waals surface area (Å²) in [6, 6.07) is 8.68. The first kappa shape index (κ1) is 10.3. The van der Waals surface area contributed by atoms with Crippen molar-refractivity contribution in [2.24, 2.45) is 5.73 Å². The van der Waals surface area contributed by atoms with Crippen molar-refractivity contribution >= 4 is 0 Å². The van der Waals surface area contributed by atoms with Crippen molar-refractivity contribution in [1.82, 2.24) is 0 Å². The van der Waals surface area contributed by atoms with Gasteiger partial charge in [-0.2, -0.15) is 0 Å². The zero-order valence-corrected chi connectivity index (χ0v) is 9.83. The summed E-state index contributed by atoms with van der Waals surface area (Å²) >= 11 is 0. The van der Waals surface area contributed by atoms with E-state index >= 15 is 0 Å². The van der Waals surface area contributed by atoms with Crippen molar-refractivity contribution < 1.29 is 4.74 Å². The summed E-state index contributed by atoms with van der Waals surface area (Å²) < 4.78 is 5.87. The first-order valence-electron chi connectivity index (χ1n) is 6.16. The molecule has 0 radical (unpaired) electrons. The Balaban J connectivity index is 1.96. The molecule has 1 aromatic carbocycles. The monoisotopic (exact) mass is 217 g/mol. The summed E-state index contributed by atoms with van der Waals surface area (Å²) in [5, 5.41) is 0. The van der Waals surface area contributed by atoms with E-state index in [2.05, 4.69) is 31.2 Å². The van der Waals surface area contributed by atoms with Gasteiger partial charge < -0.3 is 10.5 Å². The highest BCUT2D eigenvalue weighted by Gasteiger charge is 2.41. The molecule has 2 nitrogen and oxygen atoms in total. The minimum Gasteiger partial charge on any atom is -0.371 e. The van der Waals surface area contributed by atoms with Crippen LogP contribution in [0.15, 0.2) is 24.3 Å². The predicted octanol–water partition coefficient (Wildman–Crippen LogP) is 2.66. The smallest absolute Gasteiger partial charge is 0.0904 e. The molecule has 1 aliphatic carbocycles. The van der Waals surface area contributed by atoms with E-state index in [-0.39, 0.29) is 11.1 Å². The molecule has 2 heteroatoms. The van der Waals surface area contributed by atoms with Gasteiger partial charge in [-0.1, -0.05) is 24.3 Å². The minimum atomic E-state index is -0.0821. The SMILES string of the molecule is C[C@@]1(c2cccc(C3(N)CC3)c2)CCCO1. The number of benzene rings is 1. The third-order valence-electron chi connectivity index (χ3n) is 4.06. The Bertz CT molecular complexity index is 403. The zero-order valence-electron chi connectivity index (χ0n) is 9.83. The third kappa shape index (κ3) is 1.57. The van der Waals surface area contributed by atoms with Crippen molar-refractivity contribution in [3.05, 3.63) is 35.4 Å². The lowest BCUT2D eigenvalue weighted by atomic mass is 9.90. The molecule has 2 aliphatic rings. The Labute approximate surface area is 96.8 Å². The van der Waals surface area contributed by atoms with Gasteiger partial charge in [-0.05, 0) is 43.7 Å². The molecule has 86 valence electrons. The molecular weight excluding hydrogens is 198 g/mol. The van der Waals surface area contributed by atoms with Gasteiger partial charge in [0.2, 0.25) is 0 Å². The predicted molar refractivity (Wildman–Crippen MR) is 64.1 cm³/mol. The molecule has 16 heavy (non-hydrogen) atoms. The second-order valence-electron chi connectivity index (χ2n) is 5.42. The van der Waals surface area contributed by atoms with E-state index in [0.717, 1.165) is 32.3 Å². The van der Waals surface area contributed by atoms with Crippen LogP contribution < -0.4 is 5.73 Å². The van der Waals surface area contributed by atoms with E-state index in [9.17, 15) is 0 Å². The lowest BCUT2D eigenvalue weighted by Gasteiger charge is -2.25. The van der Waals surface area contributed by atoms with Crippen molar-refractivity contribution in [3.8, 4) is 0 Å². The van der Waals surface area contributed by atoms with E-state index < -0.39 is 0 Å². The molecule has 1 saturated carbocycles. The Morgan fingerprint density at radius 2 is 1.94 bits per heavy atom. The van der Waals surface area contributed by atoms with Crippen LogP contribution in [-0.2, 0) is 15.9 Å². The molecule has 1 saturated heterocycles. The largest absolute Gasteiger partial charge is 0.371 e. The standard InChI is InChI=1S/C14H19NO/c1-13(6-3-9-16-13)11-4-2-5-12(10-11)14(15)7-8-14/h2,4-5,10H,3,6-9,15H2,1H3/t13-/m0/s1. The molecule has 3 rings (SSSR count). The highest BCUT2D eigenvalue weighted by atomic mass is 16.5. The fourth-order valence-electron chi connectivity index (χ4n) is 2.59. The summed E-state index contributed by atoms with van der Waals surface area (Å²) in [7, 11) is 0. The Kier molecular flexibility index (Phi) is 2.13. The third-order valence-corrected chi connectivity index (χ3v) is 4.06. The fraction of sp³-hybridized carbons (Fsp3) is 0.571. The summed E-state index contributed by atoms with van der Waals surface area (Å²) in [4.78, 5) is 0. The average molecular weight is 217 g/mol. The summed E-state index contributed by atoms with van der Waals surface area (Å²) in [6.07, 6.45) is 4.52. The van der Waals surface area contributed by atoms with Gasteiger partial charge in [0.25, 0.3) is 0 Å². The zero-order chi connectivity index (χ0) is 11.2. The minimum absolute atomic E-state index is 0.0367. The number of rotatable bonds is 2. The molecule has 0 amide bonds. The number of hydrogen-bond donors (Lipinski definition) is 1. The lowest BCUT2D eigenvalue weighted by molar-refractivity contribution is 0.0167. The second kappa shape index (κ2) is 3.31. The van der Waals surface area contributed by atoms with Gasteiger partial charge in [-0.15, -0.1) is 0 Å². The van der Waals surface area contributed by atoms with E-state index in [4.69, 9.17) is 10.5 Å². The summed E-state index contributed by atoms with van der Waals surface area (Å²) in [5.74, 6) is 0. The van der Waals surface area contributed by atoms with E-state index in [1.54, 1.807) is 0 Å². The average Bonchev–Trinajstić information content (AvgIpc) is 2.89. The molecule has 0 aromatic heterocycles. The topological polar surface area (TPSA) is 35.2 Å².